The van der Waals surface area contributed by atoms with Crippen molar-refractivity contribution in [2.24, 2.45) is 5.92 Å². The first-order valence-electron chi connectivity index (χ1n) is 9.37. The fourth-order valence-electron chi connectivity index (χ4n) is 3.29. The van der Waals surface area contributed by atoms with Crippen LogP contribution in [0.2, 0.25) is 0 Å². The quantitative estimate of drug-likeness (QED) is 0.782. The first-order valence-corrected chi connectivity index (χ1v) is 11.6. The van der Waals surface area contributed by atoms with Gasteiger partial charge in [-0.15, -0.1) is 11.3 Å². The molecule has 1 aromatic heterocycles. The van der Waals surface area contributed by atoms with E-state index in [1.807, 2.05) is 6.92 Å². The van der Waals surface area contributed by atoms with Crippen molar-refractivity contribution in [1.29, 1.82) is 0 Å². The highest BCUT2D eigenvalue weighted by Gasteiger charge is 2.34. The SMILES string of the molecule is Cc1ccc(S(=O)(=O)N2CCC[C@@H](C(=O)Nc3cccc(C(=O)N(C)C)c3)C2)s1. The van der Waals surface area contributed by atoms with Crippen molar-refractivity contribution in [1.82, 2.24) is 9.21 Å². The maximum atomic E-state index is 12.9. The van der Waals surface area contributed by atoms with Gasteiger partial charge in [0.25, 0.3) is 15.9 Å². The lowest BCUT2D eigenvalue weighted by Crippen LogP contribution is -2.43. The van der Waals surface area contributed by atoms with E-state index in [1.54, 1.807) is 50.5 Å². The molecule has 2 heterocycles. The van der Waals surface area contributed by atoms with Crippen molar-refractivity contribution in [3.8, 4) is 0 Å². The number of nitrogens with one attached hydrogen (secondary N) is 1. The Morgan fingerprint density at radius 2 is 1.97 bits per heavy atom. The summed E-state index contributed by atoms with van der Waals surface area (Å²) in [5, 5.41) is 2.83. The predicted octanol–water partition coefficient (Wildman–Crippen LogP) is 2.80. The monoisotopic (exact) mass is 435 g/mol. The minimum atomic E-state index is -3.59. The van der Waals surface area contributed by atoms with Gasteiger partial charge in [-0.3, -0.25) is 9.59 Å². The lowest BCUT2D eigenvalue weighted by Gasteiger charge is -2.30. The average Bonchev–Trinajstić information content (AvgIpc) is 3.15. The first-order chi connectivity index (χ1) is 13.7. The minimum Gasteiger partial charge on any atom is -0.345 e. The molecule has 1 aromatic carbocycles. The van der Waals surface area contributed by atoms with E-state index in [0.29, 0.717) is 34.8 Å². The van der Waals surface area contributed by atoms with Gasteiger partial charge in [-0.05, 0) is 50.1 Å². The van der Waals surface area contributed by atoms with Gasteiger partial charge in [-0.2, -0.15) is 4.31 Å². The molecule has 9 heteroatoms. The number of nitrogens with zero attached hydrogens (tertiary/aromatic N) is 2. The highest BCUT2D eigenvalue weighted by Crippen LogP contribution is 2.28. The molecule has 2 amide bonds. The van der Waals surface area contributed by atoms with Gasteiger partial charge in [0.1, 0.15) is 4.21 Å². The molecule has 3 rings (SSSR count). The third-order valence-electron chi connectivity index (χ3n) is 4.85. The van der Waals surface area contributed by atoms with Crippen molar-refractivity contribution in [3.63, 3.8) is 0 Å². The van der Waals surface area contributed by atoms with Crippen LogP contribution >= 0.6 is 11.3 Å². The molecular formula is C20H25N3O4S2. The zero-order chi connectivity index (χ0) is 21.2. The molecule has 2 aromatic rings. The second-order valence-corrected chi connectivity index (χ2v) is 10.8. The Bertz CT molecular complexity index is 1010. The number of sulfonamides is 1. The van der Waals surface area contributed by atoms with Crippen LogP contribution in [0.25, 0.3) is 0 Å². The molecule has 0 unspecified atom stereocenters. The molecule has 1 aliphatic heterocycles. The van der Waals surface area contributed by atoms with Gasteiger partial charge in [0.15, 0.2) is 0 Å². The van der Waals surface area contributed by atoms with Crippen LogP contribution in [-0.4, -0.2) is 56.6 Å². The van der Waals surface area contributed by atoms with E-state index in [2.05, 4.69) is 5.32 Å². The number of piperidine rings is 1. The van der Waals surface area contributed by atoms with E-state index in [4.69, 9.17) is 0 Å². The van der Waals surface area contributed by atoms with Gasteiger partial charge in [0.05, 0.1) is 5.92 Å². The Balaban J connectivity index is 1.70. The first kappa shape index (κ1) is 21.5. The fourth-order valence-corrected chi connectivity index (χ4v) is 6.25. The largest absolute Gasteiger partial charge is 0.345 e. The highest BCUT2D eigenvalue weighted by atomic mass is 32.2. The number of aryl methyl sites for hydroxylation is 1. The van der Waals surface area contributed by atoms with Crippen molar-refractivity contribution in [2.75, 3.05) is 32.5 Å². The number of thiophene rings is 1. The summed E-state index contributed by atoms with van der Waals surface area (Å²) in [5.74, 6) is -0.822. The minimum absolute atomic E-state index is 0.151. The summed E-state index contributed by atoms with van der Waals surface area (Å²) in [6.07, 6.45) is 1.25. The number of anilines is 1. The van der Waals surface area contributed by atoms with Gasteiger partial charge in [-0.1, -0.05) is 6.07 Å². The van der Waals surface area contributed by atoms with Crippen LogP contribution in [0.4, 0.5) is 5.69 Å². The molecular weight excluding hydrogens is 410 g/mol. The molecule has 0 aliphatic carbocycles. The van der Waals surface area contributed by atoms with E-state index in [-0.39, 0.29) is 18.4 Å². The van der Waals surface area contributed by atoms with E-state index in [0.717, 1.165) is 4.88 Å². The molecule has 7 nitrogen and oxygen atoms in total. The number of hydrogen-bond donors (Lipinski definition) is 1. The van der Waals surface area contributed by atoms with Gasteiger partial charge in [0.2, 0.25) is 5.91 Å². The third kappa shape index (κ3) is 4.85. The number of carbonyl (C=O) groups is 2. The average molecular weight is 436 g/mol. The Morgan fingerprint density at radius 1 is 1.21 bits per heavy atom. The number of benzene rings is 1. The third-order valence-corrected chi connectivity index (χ3v) is 8.18. The smallest absolute Gasteiger partial charge is 0.253 e. The molecule has 1 atom stereocenters. The summed E-state index contributed by atoms with van der Waals surface area (Å²) in [4.78, 5) is 27.3. The molecule has 1 N–H and O–H groups in total. The van der Waals surface area contributed by atoms with Crippen LogP contribution in [0.3, 0.4) is 0 Å². The highest BCUT2D eigenvalue weighted by molar-refractivity contribution is 7.91. The normalized spacial score (nSPS) is 17.7. The van der Waals surface area contributed by atoms with Crippen molar-refractivity contribution in [3.05, 3.63) is 46.8 Å². The van der Waals surface area contributed by atoms with Gasteiger partial charge < -0.3 is 10.2 Å². The molecule has 1 fully saturated rings. The van der Waals surface area contributed by atoms with Crippen molar-refractivity contribution >= 4 is 38.9 Å². The summed E-state index contributed by atoms with van der Waals surface area (Å²) in [5.41, 5.74) is 1.00. The summed E-state index contributed by atoms with van der Waals surface area (Å²) in [6, 6.07) is 10.2. The van der Waals surface area contributed by atoms with Gasteiger partial charge >= 0.3 is 0 Å². The molecule has 29 heavy (non-hydrogen) atoms. The fraction of sp³-hybridized carbons (Fsp3) is 0.400. The zero-order valence-corrected chi connectivity index (χ0v) is 18.3. The van der Waals surface area contributed by atoms with Crippen LogP contribution in [0.5, 0.6) is 0 Å². The van der Waals surface area contributed by atoms with E-state index < -0.39 is 15.9 Å². The van der Waals surface area contributed by atoms with Crippen LogP contribution in [0.15, 0.2) is 40.6 Å². The second kappa shape index (κ2) is 8.64. The van der Waals surface area contributed by atoms with Crippen LogP contribution in [0, 0.1) is 12.8 Å². The number of rotatable bonds is 5. The molecule has 0 saturated carbocycles. The number of hydrogen-bond acceptors (Lipinski definition) is 5. The summed E-state index contributed by atoms with van der Waals surface area (Å²) in [6.45, 7) is 2.43. The van der Waals surface area contributed by atoms with E-state index in [9.17, 15) is 18.0 Å². The molecule has 0 radical (unpaired) electrons. The van der Waals surface area contributed by atoms with Crippen LogP contribution < -0.4 is 5.32 Å². The topological polar surface area (TPSA) is 86.8 Å². The standard InChI is InChI=1S/C20H25N3O4S2/c1-14-9-10-18(28-14)29(26,27)23-11-5-7-16(13-23)19(24)21-17-8-4-6-15(12-17)20(25)22(2)3/h4,6,8-10,12,16H,5,7,11,13H2,1-3H3,(H,21,24)/t16-/m1/s1. The Hall–Kier alpha value is -2.23. The van der Waals surface area contributed by atoms with E-state index >= 15 is 0 Å². The number of carbonyl (C=O) groups excluding carboxylic acids is 2. The maximum Gasteiger partial charge on any atom is 0.253 e. The Labute approximate surface area is 175 Å². The molecule has 0 spiro atoms. The Kier molecular flexibility index (Phi) is 6.40. The van der Waals surface area contributed by atoms with Gasteiger partial charge in [-0.25, -0.2) is 8.42 Å². The summed E-state index contributed by atoms with van der Waals surface area (Å²) in [7, 11) is -0.254. The van der Waals surface area contributed by atoms with Crippen LogP contribution in [-0.2, 0) is 14.8 Å². The summed E-state index contributed by atoms with van der Waals surface area (Å²) >= 11 is 1.24. The lowest BCUT2D eigenvalue weighted by atomic mass is 9.98. The molecule has 1 aliphatic rings. The zero-order valence-electron chi connectivity index (χ0n) is 16.7. The lowest BCUT2D eigenvalue weighted by molar-refractivity contribution is -0.120. The van der Waals surface area contributed by atoms with Crippen molar-refractivity contribution < 1.29 is 18.0 Å². The van der Waals surface area contributed by atoms with Crippen LogP contribution in [0.1, 0.15) is 28.1 Å². The maximum absolute atomic E-state index is 12.9. The summed E-state index contributed by atoms with van der Waals surface area (Å²) < 4.78 is 27.5. The molecule has 156 valence electrons. The van der Waals surface area contributed by atoms with Crippen molar-refractivity contribution in [2.45, 2.75) is 24.0 Å². The number of amides is 2. The van der Waals surface area contributed by atoms with E-state index in [1.165, 1.54) is 20.5 Å². The van der Waals surface area contributed by atoms with Gasteiger partial charge in [0, 0.05) is 43.3 Å². The second-order valence-electron chi connectivity index (χ2n) is 7.34. The molecule has 0 bridgehead atoms. The predicted molar refractivity (Wildman–Crippen MR) is 114 cm³/mol. The molecule has 1 saturated heterocycles. The Morgan fingerprint density at radius 3 is 2.62 bits per heavy atom.